The highest BCUT2D eigenvalue weighted by Gasteiger charge is 2.29. The zero-order chi connectivity index (χ0) is 18.4. The Balaban J connectivity index is 1.66. The zero-order valence-electron chi connectivity index (χ0n) is 13.9. The fraction of sp³-hybridized carbons (Fsp3) is 0.222. The van der Waals surface area contributed by atoms with E-state index in [-0.39, 0.29) is 22.8 Å². The smallest absolute Gasteiger partial charge is 0.271 e. The van der Waals surface area contributed by atoms with Crippen molar-refractivity contribution in [3.63, 3.8) is 0 Å². The van der Waals surface area contributed by atoms with Gasteiger partial charge in [-0.15, -0.1) is 11.8 Å². The summed E-state index contributed by atoms with van der Waals surface area (Å²) in [7, 11) is 0. The third kappa shape index (κ3) is 2.72. The molecule has 2 aliphatic rings. The molecule has 4 rings (SSSR count). The Morgan fingerprint density at radius 1 is 1.31 bits per heavy atom. The molecule has 0 fully saturated rings. The molecule has 0 spiro atoms. The number of carbonyl (C=O) groups excluding carboxylic acids is 2. The number of non-ortho nitro benzene ring substituents is 1. The minimum Gasteiger partial charge on any atom is -0.324 e. The molecule has 2 aliphatic heterocycles. The van der Waals surface area contributed by atoms with Crippen LogP contribution >= 0.6 is 11.8 Å². The van der Waals surface area contributed by atoms with Crippen molar-refractivity contribution < 1.29 is 14.5 Å². The van der Waals surface area contributed by atoms with E-state index in [1.165, 1.54) is 23.9 Å². The van der Waals surface area contributed by atoms with Crippen molar-refractivity contribution in [3.8, 4) is 0 Å². The number of hydrogen-bond donors (Lipinski definition) is 1. The number of benzene rings is 2. The fourth-order valence-electron chi connectivity index (χ4n) is 3.19. The highest BCUT2D eigenvalue weighted by molar-refractivity contribution is 8.00. The van der Waals surface area contributed by atoms with Crippen molar-refractivity contribution in [3.05, 3.63) is 57.6 Å². The van der Waals surface area contributed by atoms with Gasteiger partial charge in [0.25, 0.3) is 11.6 Å². The molecular weight excluding hydrogens is 354 g/mol. The first kappa shape index (κ1) is 16.6. The second-order valence-electron chi connectivity index (χ2n) is 6.24. The second-order valence-corrected chi connectivity index (χ2v) is 7.62. The number of carbonyl (C=O) groups is 2. The minimum absolute atomic E-state index is 0.0356. The van der Waals surface area contributed by atoms with E-state index >= 15 is 0 Å². The Morgan fingerprint density at radius 3 is 2.88 bits per heavy atom. The lowest BCUT2D eigenvalue weighted by Crippen LogP contribution is -2.30. The maximum Gasteiger partial charge on any atom is 0.271 e. The number of thioether (sulfide) groups is 1. The van der Waals surface area contributed by atoms with E-state index < -0.39 is 4.92 Å². The maximum absolute atomic E-state index is 13.0. The van der Waals surface area contributed by atoms with Crippen molar-refractivity contribution >= 4 is 40.6 Å². The van der Waals surface area contributed by atoms with Gasteiger partial charge in [0, 0.05) is 29.1 Å². The van der Waals surface area contributed by atoms with E-state index in [2.05, 4.69) is 5.32 Å². The van der Waals surface area contributed by atoms with Crippen LogP contribution in [0.1, 0.15) is 22.8 Å². The van der Waals surface area contributed by atoms with E-state index in [9.17, 15) is 19.7 Å². The van der Waals surface area contributed by atoms with Gasteiger partial charge in [-0.3, -0.25) is 19.7 Å². The summed E-state index contributed by atoms with van der Waals surface area (Å²) >= 11 is 1.45. The van der Waals surface area contributed by atoms with Gasteiger partial charge < -0.3 is 10.2 Å². The zero-order valence-corrected chi connectivity index (χ0v) is 14.7. The Morgan fingerprint density at radius 2 is 2.12 bits per heavy atom. The summed E-state index contributed by atoms with van der Waals surface area (Å²) in [6.07, 6.45) is 0.661. The molecule has 2 aromatic carbocycles. The number of nitrogens with one attached hydrogen (secondary N) is 1. The SMILES string of the molecule is CC1Sc2ccc(C(=O)N3CCc4ccc([N+](=O)[O-])cc43)cc2NC1=O. The Kier molecular flexibility index (Phi) is 3.91. The van der Waals surface area contributed by atoms with Crippen molar-refractivity contribution in [2.45, 2.75) is 23.5 Å². The van der Waals surface area contributed by atoms with Crippen LogP contribution in [0.3, 0.4) is 0 Å². The number of hydrogen-bond acceptors (Lipinski definition) is 5. The molecule has 2 heterocycles. The lowest BCUT2D eigenvalue weighted by Gasteiger charge is -2.23. The van der Waals surface area contributed by atoms with Gasteiger partial charge in [0.2, 0.25) is 5.91 Å². The number of rotatable bonds is 2. The number of anilines is 2. The second kappa shape index (κ2) is 6.14. The molecule has 2 amide bonds. The predicted octanol–water partition coefficient (Wildman–Crippen LogP) is 3.23. The van der Waals surface area contributed by atoms with Crippen molar-refractivity contribution in [1.29, 1.82) is 0 Å². The van der Waals surface area contributed by atoms with Crippen molar-refractivity contribution in [2.75, 3.05) is 16.8 Å². The van der Waals surface area contributed by atoms with Crippen LogP contribution in [0.4, 0.5) is 17.1 Å². The van der Waals surface area contributed by atoms with E-state index in [0.29, 0.717) is 29.9 Å². The van der Waals surface area contributed by atoms with E-state index in [0.717, 1.165) is 10.5 Å². The number of fused-ring (bicyclic) bond motifs is 2. The first-order valence-corrected chi connectivity index (χ1v) is 9.03. The summed E-state index contributed by atoms with van der Waals surface area (Å²) in [6, 6.07) is 9.83. The minimum atomic E-state index is -0.464. The van der Waals surface area contributed by atoms with Gasteiger partial charge in [-0.2, -0.15) is 0 Å². The molecule has 0 saturated heterocycles. The highest BCUT2D eigenvalue weighted by atomic mass is 32.2. The molecule has 132 valence electrons. The maximum atomic E-state index is 13.0. The van der Waals surface area contributed by atoms with Crippen LogP contribution in [0.25, 0.3) is 0 Å². The van der Waals surface area contributed by atoms with Crippen LogP contribution in [-0.4, -0.2) is 28.5 Å². The molecule has 0 saturated carbocycles. The molecule has 8 heteroatoms. The summed E-state index contributed by atoms with van der Waals surface area (Å²) in [5.41, 5.74) is 2.53. The molecule has 0 bridgehead atoms. The lowest BCUT2D eigenvalue weighted by atomic mass is 10.1. The quantitative estimate of drug-likeness (QED) is 0.648. The molecule has 0 aliphatic carbocycles. The largest absolute Gasteiger partial charge is 0.324 e. The third-order valence-electron chi connectivity index (χ3n) is 4.58. The van der Waals surface area contributed by atoms with Crippen LogP contribution < -0.4 is 10.2 Å². The monoisotopic (exact) mass is 369 g/mol. The number of nitrogens with zero attached hydrogens (tertiary/aromatic N) is 2. The number of nitro benzene ring substituents is 1. The third-order valence-corrected chi connectivity index (χ3v) is 5.76. The summed E-state index contributed by atoms with van der Waals surface area (Å²) in [4.78, 5) is 37.9. The van der Waals surface area contributed by atoms with E-state index in [1.54, 1.807) is 23.1 Å². The van der Waals surface area contributed by atoms with Crippen LogP contribution in [0, 0.1) is 10.1 Å². The van der Waals surface area contributed by atoms with Gasteiger partial charge in [0.05, 0.1) is 21.5 Å². The van der Waals surface area contributed by atoms with Gasteiger partial charge in [-0.05, 0) is 37.1 Å². The van der Waals surface area contributed by atoms with Gasteiger partial charge in [-0.25, -0.2) is 0 Å². The van der Waals surface area contributed by atoms with E-state index in [4.69, 9.17) is 0 Å². The Hall–Kier alpha value is -2.87. The number of nitro groups is 1. The highest BCUT2D eigenvalue weighted by Crippen LogP contribution is 2.37. The van der Waals surface area contributed by atoms with Gasteiger partial charge >= 0.3 is 0 Å². The van der Waals surface area contributed by atoms with Gasteiger partial charge in [-0.1, -0.05) is 6.07 Å². The van der Waals surface area contributed by atoms with Crippen molar-refractivity contribution in [2.24, 2.45) is 0 Å². The molecular formula is C18H15N3O4S. The standard InChI is InChI=1S/C18H15N3O4S/c1-10-17(22)19-14-8-12(3-5-16(14)26-10)18(23)20-7-6-11-2-4-13(21(24)25)9-15(11)20/h2-5,8-10H,6-7H2,1H3,(H,19,22). The molecule has 1 unspecified atom stereocenters. The average molecular weight is 369 g/mol. The predicted molar refractivity (Wildman–Crippen MR) is 98.9 cm³/mol. The van der Waals surface area contributed by atoms with Crippen molar-refractivity contribution in [1.82, 2.24) is 0 Å². The molecule has 26 heavy (non-hydrogen) atoms. The van der Waals surface area contributed by atoms with Crippen LogP contribution in [0.15, 0.2) is 41.3 Å². The molecule has 7 nitrogen and oxygen atoms in total. The van der Waals surface area contributed by atoms with Gasteiger partial charge in [0.1, 0.15) is 0 Å². The Bertz CT molecular complexity index is 959. The summed E-state index contributed by atoms with van der Waals surface area (Å²) in [6.45, 7) is 2.31. The van der Waals surface area contributed by atoms with Crippen LogP contribution in [-0.2, 0) is 11.2 Å². The Labute approximate surface area is 153 Å². The number of amides is 2. The molecule has 1 atom stereocenters. The topological polar surface area (TPSA) is 92.6 Å². The summed E-state index contributed by atoms with van der Waals surface area (Å²) < 4.78 is 0. The molecule has 0 radical (unpaired) electrons. The summed E-state index contributed by atoms with van der Waals surface area (Å²) in [5.74, 6) is -0.320. The van der Waals surface area contributed by atoms with Crippen LogP contribution in [0.2, 0.25) is 0 Å². The first-order chi connectivity index (χ1) is 12.4. The normalized spacial score (nSPS) is 18.1. The molecule has 2 aromatic rings. The first-order valence-electron chi connectivity index (χ1n) is 8.15. The fourth-order valence-corrected chi connectivity index (χ4v) is 4.12. The average Bonchev–Trinajstić information content (AvgIpc) is 3.04. The lowest BCUT2D eigenvalue weighted by molar-refractivity contribution is -0.384. The van der Waals surface area contributed by atoms with Crippen LogP contribution in [0.5, 0.6) is 0 Å². The summed E-state index contributed by atoms with van der Waals surface area (Å²) in [5, 5.41) is 13.7. The van der Waals surface area contributed by atoms with Gasteiger partial charge in [0.15, 0.2) is 0 Å². The molecule has 1 N–H and O–H groups in total. The van der Waals surface area contributed by atoms with E-state index in [1.807, 2.05) is 13.0 Å². The molecule has 0 aromatic heterocycles.